The lowest BCUT2D eigenvalue weighted by Crippen LogP contribution is -2.34. The summed E-state index contributed by atoms with van der Waals surface area (Å²) in [6, 6.07) is 22.7. The van der Waals surface area contributed by atoms with E-state index in [-0.39, 0.29) is 16.8 Å². The minimum absolute atomic E-state index is 0.0178. The summed E-state index contributed by atoms with van der Waals surface area (Å²) in [7, 11) is 0.165. The van der Waals surface area contributed by atoms with Crippen LogP contribution < -0.4 is 10.0 Å². The Balaban J connectivity index is 1.70. The van der Waals surface area contributed by atoms with Gasteiger partial charge in [0, 0.05) is 22.3 Å². The van der Waals surface area contributed by atoms with Gasteiger partial charge in [-0.1, -0.05) is 52.3 Å². The highest BCUT2D eigenvalue weighted by Crippen LogP contribution is 2.20. The number of hydrogen-bond acceptors (Lipinski definition) is 4. The standard InChI is InChI=1S/C23H24BrN3O3S/c1-27(2)22(17-7-4-3-5-8-17)16-25-23(28)18-9-6-10-20(15-18)26-31(29,30)21-13-11-19(24)12-14-21/h3-15,22,26H,16H2,1-2H3,(H,25,28). The van der Waals surface area contributed by atoms with Crippen LogP contribution in [-0.2, 0) is 10.0 Å². The van der Waals surface area contributed by atoms with Gasteiger partial charge in [0.1, 0.15) is 0 Å². The van der Waals surface area contributed by atoms with Crippen LogP contribution in [0.25, 0.3) is 0 Å². The van der Waals surface area contributed by atoms with E-state index in [0.717, 1.165) is 10.0 Å². The van der Waals surface area contributed by atoms with E-state index < -0.39 is 10.0 Å². The lowest BCUT2D eigenvalue weighted by molar-refractivity contribution is 0.0942. The molecule has 0 saturated carbocycles. The normalized spacial score (nSPS) is 12.4. The Labute approximate surface area is 191 Å². The number of sulfonamides is 1. The van der Waals surface area contributed by atoms with Gasteiger partial charge in [0.15, 0.2) is 0 Å². The van der Waals surface area contributed by atoms with E-state index in [2.05, 4.69) is 26.0 Å². The molecule has 0 aliphatic heterocycles. The molecule has 6 nitrogen and oxygen atoms in total. The highest BCUT2D eigenvalue weighted by molar-refractivity contribution is 9.10. The van der Waals surface area contributed by atoms with Gasteiger partial charge in [0.2, 0.25) is 0 Å². The maximum atomic E-state index is 12.7. The SMILES string of the molecule is CN(C)C(CNC(=O)c1cccc(NS(=O)(=O)c2ccc(Br)cc2)c1)c1ccccc1. The van der Waals surface area contributed by atoms with Crippen molar-refractivity contribution in [3.8, 4) is 0 Å². The summed E-state index contributed by atoms with van der Waals surface area (Å²) in [5.74, 6) is -0.271. The minimum Gasteiger partial charge on any atom is -0.350 e. The van der Waals surface area contributed by atoms with Crippen LogP contribution in [0, 0.1) is 0 Å². The smallest absolute Gasteiger partial charge is 0.261 e. The average molecular weight is 502 g/mol. The number of halogens is 1. The first kappa shape index (κ1) is 23.0. The van der Waals surface area contributed by atoms with Gasteiger partial charge in [-0.3, -0.25) is 9.52 Å². The van der Waals surface area contributed by atoms with Crippen molar-refractivity contribution in [2.75, 3.05) is 25.4 Å². The zero-order valence-corrected chi connectivity index (χ0v) is 19.7. The van der Waals surface area contributed by atoms with E-state index in [1.807, 2.05) is 49.3 Å². The van der Waals surface area contributed by atoms with Gasteiger partial charge in [0.05, 0.1) is 10.9 Å². The van der Waals surface area contributed by atoms with E-state index in [9.17, 15) is 13.2 Å². The first-order valence-electron chi connectivity index (χ1n) is 9.64. The van der Waals surface area contributed by atoms with E-state index in [1.165, 1.54) is 18.2 Å². The predicted octanol–water partition coefficient (Wildman–Crippen LogP) is 4.28. The van der Waals surface area contributed by atoms with Crippen molar-refractivity contribution in [3.63, 3.8) is 0 Å². The Hall–Kier alpha value is -2.68. The van der Waals surface area contributed by atoms with Crippen molar-refractivity contribution in [2.45, 2.75) is 10.9 Å². The summed E-state index contributed by atoms with van der Waals surface area (Å²) in [4.78, 5) is 14.9. The average Bonchev–Trinajstić information content (AvgIpc) is 2.74. The molecule has 1 unspecified atom stereocenters. The van der Waals surface area contributed by atoms with Crippen LogP contribution in [0.1, 0.15) is 22.0 Å². The van der Waals surface area contributed by atoms with E-state index in [4.69, 9.17) is 0 Å². The number of hydrogen-bond donors (Lipinski definition) is 2. The van der Waals surface area contributed by atoms with Crippen molar-refractivity contribution in [1.29, 1.82) is 0 Å². The molecule has 0 saturated heterocycles. The molecule has 0 aromatic heterocycles. The third-order valence-electron chi connectivity index (χ3n) is 4.76. The maximum absolute atomic E-state index is 12.7. The first-order chi connectivity index (χ1) is 14.8. The number of anilines is 1. The van der Waals surface area contributed by atoms with Crippen LogP contribution in [0.3, 0.4) is 0 Å². The number of nitrogens with one attached hydrogen (secondary N) is 2. The summed E-state index contributed by atoms with van der Waals surface area (Å²) >= 11 is 3.29. The Kier molecular flexibility index (Phi) is 7.48. The number of carbonyl (C=O) groups excluding carboxylic acids is 1. The second-order valence-corrected chi connectivity index (χ2v) is 9.84. The molecule has 3 aromatic rings. The van der Waals surface area contributed by atoms with E-state index in [0.29, 0.717) is 17.8 Å². The molecule has 1 atom stereocenters. The Morgan fingerprint density at radius 3 is 2.29 bits per heavy atom. The molecule has 0 heterocycles. The van der Waals surface area contributed by atoms with Gasteiger partial charge in [-0.15, -0.1) is 0 Å². The predicted molar refractivity (Wildman–Crippen MR) is 127 cm³/mol. The Bertz CT molecular complexity index is 1130. The Morgan fingerprint density at radius 2 is 1.65 bits per heavy atom. The van der Waals surface area contributed by atoms with Gasteiger partial charge in [0.25, 0.3) is 15.9 Å². The van der Waals surface area contributed by atoms with Crippen molar-refractivity contribution >= 4 is 37.5 Å². The first-order valence-corrected chi connectivity index (χ1v) is 11.9. The third kappa shape index (κ3) is 6.16. The summed E-state index contributed by atoms with van der Waals surface area (Å²) in [6.45, 7) is 0.421. The fraction of sp³-hybridized carbons (Fsp3) is 0.174. The monoisotopic (exact) mass is 501 g/mol. The molecule has 1 amide bonds. The lowest BCUT2D eigenvalue weighted by Gasteiger charge is -2.25. The van der Waals surface area contributed by atoms with E-state index in [1.54, 1.807) is 30.3 Å². The molecule has 31 heavy (non-hydrogen) atoms. The van der Waals surface area contributed by atoms with Crippen LogP contribution in [0.5, 0.6) is 0 Å². The van der Waals surface area contributed by atoms with Crippen LogP contribution in [-0.4, -0.2) is 39.9 Å². The molecule has 162 valence electrons. The molecular formula is C23H24BrN3O3S. The topological polar surface area (TPSA) is 78.5 Å². The number of nitrogens with zero attached hydrogens (tertiary/aromatic N) is 1. The van der Waals surface area contributed by atoms with Crippen LogP contribution >= 0.6 is 15.9 Å². The van der Waals surface area contributed by atoms with Crippen molar-refractivity contribution in [3.05, 3.63) is 94.5 Å². The van der Waals surface area contributed by atoms with Crippen LogP contribution in [0.2, 0.25) is 0 Å². The van der Waals surface area contributed by atoms with E-state index >= 15 is 0 Å². The molecule has 0 radical (unpaired) electrons. The van der Waals surface area contributed by atoms with Gasteiger partial charge in [-0.05, 0) is 62.1 Å². The highest BCUT2D eigenvalue weighted by Gasteiger charge is 2.17. The molecule has 0 spiro atoms. The van der Waals surface area contributed by atoms with Gasteiger partial charge < -0.3 is 10.2 Å². The Morgan fingerprint density at radius 1 is 0.968 bits per heavy atom. The summed E-state index contributed by atoms with van der Waals surface area (Å²) in [6.07, 6.45) is 0. The zero-order valence-electron chi connectivity index (χ0n) is 17.2. The molecule has 0 aliphatic carbocycles. The molecule has 8 heteroatoms. The second kappa shape index (κ2) is 10.1. The zero-order chi connectivity index (χ0) is 22.4. The van der Waals surface area contributed by atoms with Gasteiger partial charge >= 0.3 is 0 Å². The number of carbonyl (C=O) groups is 1. The quantitative estimate of drug-likeness (QED) is 0.482. The minimum atomic E-state index is -3.75. The molecular weight excluding hydrogens is 478 g/mol. The number of likely N-dealkylation sites (N-methyl/N-ethyl adjacent to an activating group) is 1. The molecule has 0 aliphatic rings. The third-order valence-corrected chi connectivity index (χ3v) is 6.69. The molecule has 3 rings (SSSR count). The highest BCUT2D eigenvalue weighted by atomic mass is 79.9. The van der Waals surface area contributed by atoms with Gasteiger partial charge in [-0.25, -0.2) is 8.42 Å². The summed E-state index contributed by atoms with van der Waals surface area (Å²) in [5.41, 5.74) is 1.80. The van der Waals surface area contributed by atoms with Crippen molar-refractivity contribution in [1.82, 2.24) is 10.2 Å². The maximum Gasteiger partial charge on any atom is 0.261 e. The number of benzene rings is 3. The fourth-order valence-corrected chi connectivity index (χ4v) is 4.43. The van der Waals surface area contributed by atoms with Crippen LogP contribution in [0.15, 0.2) is 88.2 Å². The van der Waals surface area contributed by atoms with Crippen LogP contribution in [0.4, 0.5) is 5.69 Å². The van der Waals surface area contributed by atoms with Crippen molar-refractivity contribution in [2.24, 2.45) is 0 Å². The summed E-state index contributed by atoms with van der Waals surface area (Å²) < 4.78 is 28.5. The number of rotatable bonds is 8. The fourth-order valence-electron chi connectivity index (χ4n) is 3.12. The molecule has 2 N–H and O–H groups in total. The molecule has 3 aromatic carbocycles. The number of amides is 1. The second-order valence-electron chi connectivity index (χ2n) is 7.24. The largest absolute Gasteiger partial charge is 0.350 e. The lowest BCUT2D eigenvalue weighted by atomic mass is 10.1. The van der Waals surface area contributed by atoms with Gasteiger partial charge in [-0.2, -0.15) is 0 Å². The molecule has 0 fully saturated rings. The van der Waals surface area contributed by atoms with Crippen molar-refractivity contribution < 1.29 is 13.2 Å². The summed E-state index contributed by atoms with van der Waals surface area (Å²) in [5, 5.41) is 2.94. The molecule has 0 bridgehead atoms.